The zero-order valence-electron chi connectivity index (χ0n) is 12.1. The average Bonchev–Trinajstić information content (AvgIpc) is 3.00. The van der Waals surface area contributed by atoms with Crippen LogP contribution < -0.4 is 5.32 Å². The van der Waals surface area contributed by atoms with Gasteiger partial charge in [0.15, 0.2) is 0 Å². The fourth-order valence-electron chi connectivity index (χ4n) is 2.89. The summed E-state index contributed by atoms with van der Waals surface area (Å²) in [6.45, 7) is 4.98. The van der Waals surface area contributed by atoms with Gasteiger partial charge in [-0.1, -0.05) is 22.0 Å². The van der Waals surface area contributed by atoms with E-state index in [2.05, 4.69) is 36.0 Å². The molecule has 1 aliphatic heterocycles. The van der Waals surface area contributed by atoms with Gasteiger partial charge < -0.3 is 9.88 Å². The molecular formula is C15H18BrFN4. The van der Waals surface area contributed by atoms with Crippen LogP contribution in [0.15, 0.2) is 22.7 Å². The molecule has 1 aromatic carbocycles. The van der Waals surface area contributed by atoms with Crippen molar-refractivity contribution >= 4 is 15.9 Å². The number of hydrogen-bond donors (Lipinski definition) is 1. The fourth-order valence-corrected chi connectivity index (χ4v) is 3.22. The molecule has 6 heteroatoms. The van der Waals surface area contributed by atoms with Crippen molar-refractivity contribution in [3.8, 4) is 0 Å². The highest BCUT2D eigenvalue weighted by Gasteiger charge is 2.23. The summed E-state index contributed by atoms with van der Waals surface area (Å²) >= 11 is 3.28. The Labute approximate surface area is 131 Å². The summed E-state index contributed by atoms with van der Waals surface area (Å²) in [5.41, 5.74) is 0.659. The summed E-state index contributed by atoms with van der Waals surface area (Å²) in [5.74, 6) is 1.79. The van der Waals surface area contributed by atoms with Crippen LogP contribution in [-0.2, 0) is 13.0 Å². The number of rotatable bonds is 4. The highest BCUT2D eigenvalue weighted by molar-refractivity contribution is 9.10. The number of fused-ring (bicyclic) bond motifs is 1. The smallest absolute Gasteiger partial charge is 0.149 e. The standard InChI is InChI=1S/C15H18BrFN4/c1-9(12-6-5-11(16)8-13(12)17)18-10(2)15-20-19-14-4-3-7-21(14)15/h5-6,8-10,18H,3-4,7H2,1-2H3. The minimum atomic E-state index is -0.206. The SMILES string of the molecule is CC(NC(C)c1nnc2n1CCC2)c1ccc(Br)cc1F. The van der Waals surface area contributed by atoms with Crippen molar-refractivity contribution in [1.29, 1.82) is 0 Å². The van der Waals surface area contributed by atoms with Crippen molar-refractivity contribution < 1.29 is 4.39 Å². The number of aromatic nitrogens is 3. The molecule has 3 rings (SSSR count). The average molecular weight is 353 g/mol. The molecule has 112 valence electrons. The Balaban J connectivity index is 1.76. The summed E-state index contributed by atoms with van der Waals surface area (Å²) < 4.78 is 16.9. The summed E-state index contributed by atoms with van der Waals surface area (Å²) in [4.78, 5) is 0. The van der Waals surface area contributed by atoms with E-state index in [0.717, 1.165) is 35.5 Å². The van der Waals surface area contributed by atoms with E-state index >= 15 is 0 Å². The second-order valence-corrected chi connectivity index (χ2v) is 6.42. The summed E-state index contributed by atoms with van der Waals surface area (Å²) in [6.07, 6.45) is 2.12. The second-order valence-electron chi connectivity index (χ2n) is 5.51. The largest absolute Gasteiger partial charge is 0.314 e. The van der Waals surface area contributed by atoms with Crippen molar-refractivity contribution in [3.63, 3.8) is 0 Å². The predicted molar refractivity (Wildman–Crippen MR) is 82.4 cm³/mol. The zero-order chi connectivity index (χ0) is 15.0. The Morgan fingerprint density at radius 3 is 2.86 bits per heavy atom. The van der Waals surface area contributed by atoms with Gasteiger partial charge in [0.25, 0.3) is 0 Å². The Hall–Kier alpha value is -1.27. The van der Waals surface area contributed by atoms with Crippen LogP contribution in [0.3, 0.4) is 0 Å². The molecule has 1 aromatic heterocycles. The highest BCUT2D eigenvalue weighted by Crippen LogP contribution is 2.25. The molecule has 21 heavy (non-hydrogen) atoms. The molecule has 4 nitrogen and oxygen atoms in total. The first-order valence-corrected chi connectivity index (χ1v) is 7.98. The van der Waals surface area contributed by atoms with Gasteiger partial charge in [0.2, 0.25) is 0 Å². The highest BCUT2D eigenvalue weighted by atomic mass is 79.9. The Kier molecular flexibility index (Phi) is 4.08. The molecule has 0 fully saturated rings. The second kappa shape index (κ2) is 5.85. The lowest BCUT2D eigenvalue weighted by atomic mass is 10.1. The van der Waals surface area contributed by atoms with Gasteiger partial charge in [0.05, 0.1) is 6.04 Å². The molecule has 2 atom stereocenters. The summed E-state index contributed by atoms with van der Waals surface area (Å²) in [5, 5.41) is 11.9. The fraction of sp³-hybridized carbons (Fsp3) is 0.467. The number of nitrogens with one attached hydrogen (secondary N) is 1. The predicted octanol–water partition coefficient (Wildman–Crippen LogP) is 3.54. The van der Waals surface area contributed by atoms with Crippen LogP contribution in [0.5, 0.6) is 0 Å². The first kappa shape index (κ1) is 14.7. The molecule has 1 N–H and O–H groups in total. The number of aryl methyl sites for hydroxylation is 1. The Morgan fingerprint density at radius 1 is 1.29 bits per heavy atom. The maximum Gasteiger partial charge on any atom is 0.149 e. The maximum absolute atomic E-state index is 14.0. The van der Waals surface area contributed by atoms with Crippen LogP contribution in [0.25, 0.3) is 0 Å². The van der Waals surface area contributed by atoms with Gasteiger partial charge in [-0.25, -0.2) is 4.39 Å². The third-order valence-electron chi connectivity index (χ3n) is 3.95. The summed E-state index contributed by atoms with van der Waals surface area (Å²) in [7, 11) is 0. The van der Waals surface area contributed by atoms with Gasteiger partial charge in [-0.3, -0.25) is 0 Å². The van der Waals surface area contributed by atoms with Crippen LogP contribution in [0, 0.1) is 5.82 Å². The first-order chi connectivity index (χ1) is 10.1. The number of hydrogen-bond acceptors (Lipinski definition) is 3. The maximum atomic E-state index is 14.0. The Bertz CT molecular complexity index is 655. The van der Waals surface area contributed by atoms with E-state index in [4.69, 9.17) is 0 Å². The monoisotopic (exact) mass is 352 g/mol. The molecule has 0 spiro atoms. The lowest BCUT2D eigenvalue weighted by molar-refractivity contribution is 0.446. The normalized spacial score (nSPS) is 16.8. The molecule has 0 bridgehead atoms. The number of nitrogens with zero attached hydrogens (tertiary/aromatic N) is 3. The lowest BCUT2D eigenvalue weighted by Crippen LogP contribution is -2.25. The Morgan fingerprint density at radius 2 is 2.10 bits per heavy atom. The molecule has 0 aliphatic carbocycles. The molecular weight excluding hydrogens is 335 g/mol. The van der Waals surface area contributed by atoms with Gasteiger partial charge in [-0.05, 0) is 32.4 Å². The zero-order valence-corrected chi connectivity index (χ0v) is 13.7. The third-order valence-corrected chi connectivity index (χ3v) is 4.45. The quantitative estimate of drug-likeness (QED) is 0.914. The molecule has 2 heterocycles. The number of benzene rings is 1. The van der Waals surface area contributed by atoms with E-state index in [1.165, 1.54) is 6.07 Å². The van der Waals surface area contributed by atoms with E-state index in [-0.39, 0.29) is 17.9 Å². The molecule has 2 unspecified atom stereocenters. The topological polar surface area (TPSA) is 42.7 Å². The molecule has 1 aliphatic rings. The van der Waals surface area contributed by atoms with Crippen LogP contribution >= 0.6 is 15.9 Å². The van der Waals surface area contributed by atoms with Gasteiger partial charge >= 0.3 is 0 Å². The third kappa shape index (κ3) is 2.87. The van der Waals surface area contributed by atoms with E-state index in [1.54, 1.807) is 6.07 Å². The molecule has 2 aromatic rings. The summed E-state index contributed by atoms with van der Waals surface area (Å²) in [6, 6.07) is 5.09. The minimum absolute atomic E-state index is 0.0300. The number of halogens is 2. The van der Waals surface area contributed by atoms with E-state index in [0.29, 0.717) is 5.56 Å². The van der Waals surface area contributed by atoms with Crippen LogP contribution in [0.4, 0.5) is 4.39 Å². The van der Waals surface area contributed by atoms with Crippen LogP contribution in [0.2, 0.25) is 0 Å². The molecule has 0 saturated heterocycles. The lowest BCUT2D eigenvalue weighted by Gasteiger charge is -2.20. The molecule has 0 amide bonds. The van der Waals surface area contributed by atoms with Crippen molar-refractivity contribution in [3.05, 3.63) is 45.7 Å². The van der Waals surface area contributed by atoms with Gasteiger partial charge in [0.1, 0.15) is 17.5 Å². The van der Waals surface area contributed by atoms with E-state index in [1.807, 2.05) is 19.9 Å². The van der Waals surface area contributed by atoms with Crippen LogP contribution in [-0.4, -0.2) is 14.8 Å². The van der Waals surface area contributed by atoms with Gasteiger partial charge in [0, 0.05) is 29.0 Å². The molecule has 0 radical (unpaired) electrons. The molecule has 0 saturated carbocycles. The van der Waals surface area contributed by atoms with Gasteiger partial charge in [-0.15, -0.1) is 10.2 Å². The first-order valence-electron chi connectivity index (χ1n) is 7.19. The van der Waals surface area contributed by atoms with Crippen molar-refractivity contribution in [2.75, 3.05) is 0 Å². The van der Waals surface area contributed by atoms with Gasteiger partial charge in [-0.2, -0.15) is 0 Å². The van der Waals surface area contributed by atoms with Crippen molar-refractivity contribution in [1.82, 2.24) is 20.1 Å². The minimum Gasteiger partial charge on any atom is -0.314 e. The van der Waals surface area contributed by atoms with Crippen molar-refractivity contribution in [2.45, 2.75) is 45.3 Å². The van der Waals surface area contributed by atoms with Crippen LogP contribution in [0.1, 0.15) is 49.6 Å². The van der Waals surface area contributed by atoms with Crippen molar-refractivity contribution in [2.24, 2.45) is 0 Å². The van der Waals surface area contributed by atoms with E-state index in [9.17, 15) is 4.39 Å². The van der Waals surface area contributed by atoms with E-state index < -0.39 is 0 Å².